The third-order valence-corrected chi connectivity index (χ3v) is 3.79. The van der Waals surface area contributed by atoms with E-state index in [9.17, 15) is 9.90 Å². The number of amides is 1. The third-order valence-electron chi connectivity index (χ3n) is 3.79. The van der Waals surface area contributed by atoms with Gasteiger partial charge in [-0.05, 0) is 38.8 Å². The Morgan fingerprint density at radius 1 is 1.41 bits per heavy atom. The van der Waals surface area contributed by atoms with Crippen molar-refractivity contribution in [1.82, 2.24) is 15.2 Å². The Morgan fingerprint density at radius 2 is 2.23 bits per heavy atom. The summed E-state index contributed by atoms with van der Waals surface area (Å²) in [4.78, 5) is 12.0. The molecule has 0 spiro atoms. The number of phenols is 1. The van der Waals surface area contributed by atoms with E-state index in [0.29, 0.717) is 6.42 Å². The quantitative estimate of drug-likeness (QED) is 0.846. The lowest BCUT2D eigenvalue weighted by Crippen LogP contribution is -2.25. The third kappa shape index (κ3) is 2.72. The molecule has 114 valence electrons. The molecule has 1 aliphatic carbocycles. The van der Waals surface area contributed by atoms with Gasteiger partial charge in [-0.3, -0.25) is 9.48 Å². The first-order chi connectivity index (χ1) is 10.5. The van der Waals surface area contributed by atoms with Crippen LogP contribution >= 0.6 is 0 Å². The van der Waals surface area contributed by atoms with Gasteiger partial charge in [-0.25, -0.2) is 5.43 Å². The average molecular weight is 298 g/mol. The maximum absolute atomic E-state index is 12.0. The van der Waals surface area contributed by atoms with Crippen molar-refractivity contribution < 1.29 is 9.90 Å². The number of rotatable bonds is 3. The zero-order valence-corrected chi connectivity index (χ0v) is 12.6. The van der Waals surface area contributed by atoms with Crippen LogP contribution in [0.3, 0.4) is 0 Å². The van der Waals surface area contributed by atoms with Gasteiger partial charge in [-0.1, -0.05) is 12.1 Å². The maximum atomic E-state index is 12.0. The van der Waals surface area contributed by atoms with Gasteiger partial charge in [0, 0.05) is 16.8 Å². The number of carbonyl (C=O) groups excluding carboxylic acids is 1. The number of aromatic nitrogens is 2. The van der Waals surface area contributed by atoms with Gasteiger partial charge in [-0.15, -0.1) is 0 Å². The molecule has 3 rings (SSSR count). The van der Waals surface area contributed by atoms with Crippen LogP contribution < -0.4 is 5.43 Å². The SMILES string of the molecule is Cc1cc(C)n(CC(=O)NN=C2CCc3c(O)cccc32)n1. The second kappa shape index (κ2) is 5.63. The minimum atomic E-state index is -0.215. The molecule has 1 heterocycles. The fraction of sp³-hybridized carbons (Fsp3) is 0.312. The largest absolute Gasteiger partial charge is 0.508 e. The second-order valence-electron chi connectivity index (χ2n) is 5.48. The Bertz CT molecular complexity index is 762. The number of aryl methyl sites for hydroxylation is 2. The fourth-order valence-electron chi connectivity index (χ4n) is 2.74. The lowest BCUT2D eigenvalue weighted by molar-refractivity contribution is -0.121. The Balaban J connectivity index is 1.69. The van der Waals surface area contributed by atoms with Crippen LogP contribution in [0.5, 0.6) is 5.75 Å². The summed E-state index contributed by atoms with van der Waals surface area (Å²) in [6.07, 6.45) is 1.46. The van der Waals surface area contributed by atoms with Crippen LogP contribution in [-0.4, -0.2) is 26.5 Å². The van der Waals surface area contributed by atoms with Crippen molar-refractivity contribution in [3.05, 3.63) is 46.8 Å². The van der Waals surface area contributed by atoms with Gasteiger partial charge in [0.1, 0.15) is 12.3 Å². The molecule has 2 aromatic rings. The minimum absolute atomic E-state index is 0.142. The summed E-state index contributed by atoms with van der Waals surface area (Å²) < 4.78 is 1.65. The highest BCUT2D eigenvalue weighted by Crippen LogP contribution is 2.29. The highest BCUT2D eigenvalue weighted by molar-refractivity contribution is 6.05. The van der Waals surface area contributed by atoms with Crippen LogP contribution in [0.15, 0.2) is 29.4 Å². The first-order valence-electron chi connectivity index (χ1n) is 7.22. The smallest absolute Gasteiger partial charge is 0.261 e. The van der Waals surface area contributed by atoms with Crippen LogP contribution in [0.1, 0.15) is 28.9 Å². The van der Waals surface area contributed by atoms with Crippen LogP contribution in [0.4, 0.5) is 0 Å². The first-order valence-corrected chi connectivity index (χ1v) is 7.22. The van der Waals surface area contributed by atoms with E-state index in [2.05, 4.69) is 15.6 Å². The lowest BCUT2D eigenvalue weighted by atomic mass is 10.1. The summed E-state index contributed by atoms with van der Waals surface area (Å²) in [6, 6.07) is 7.29. The monoisotopic (exact) mass is 298 g/mol. The Hall–Kier alpha value is -2.63. The van der Waals surface area contributed by atoms with Crippen LogP contribution in [0.2, 0.25) is 0 Å². The van der Waals surface area contributed by atoms with Gasteiger partial charge in [0.2, 0.25) is 0 Å². The number of fused-ring (bicyclic) bond motifs is 1. The highest BCUT2D eigenvalue weighted by Gasteiger charge is 2.20. The number of nitrogens with zero attached hydrogens (tertiary/aromatic N) is 3. The molecule has 0 radical (unpaired) electrons. The molecule has 0 unspecified atom stereocenters. The first kappa shape index (κ1) is 14.3. The van der Waals surface area contributed by atoms with Crippen molar-refractivity contribution in [2.75, 3.05) is 0 Å². The average Bonchev–Trinajstić information content (AvgIpc) is 3.01. The van der Waals surface area contributed by atoms with Crippen molar-refractivity contribution in [2.24, 2.45) is 5.10 Å². The molecule has 0 saturated carbocycles. The zero-order valence-electron chi connectivity index (χ0n) is 12.6. The lowest BCUT2D eigenvalue weighted by Gasteiger charge is -2.05. The predicted octanol–water partition coefficient (Wildman–Crippen LogP) is 1.67. The topological polar surface area (TPSA) is 79.5 Å². The Kier molecular flexibility index (Phi) is 3.66. The van der Waals surface area contributed by atoms with Crippen molar-refractivity contribution in [1.29, 1.82) is 0 Å². The molecule has 1 aliphatic rings. The van der Waals surface area contributed by atoms with Gasteiger partial charge >= 0.3 is 0 Å². The van der Waals surface area contributed by atoms with E-state index >= 15 is 0 Å². The van der Waals surface area contributed by atoms with E-state index in [1.54, 1.807) is 16.8 Å². The van der Waals surface area contributed by atoms with Gasteiger partial charge in [-0.2, -0.15) is 10.2 Å². The Labute approximate surface area is 128 Å². The summed E-state index contributed by atoms with van der Waals surface area (Å²) in [5, 5.41) is 18.3. The van der Waals surface area contributed by atoms with E-state index in [1.807, 2.05) is 26.0 Å². The van der Waals surface area contributed by atoms with E-state index in [0.717, 1.165) is 34.6 Å². The van der Waals surface area contributed by atoms with Crippen molar-refractivity contribution in [2.45, 2.75) is 33.2 Å². The second-order valence-corrected chi connectivity index (χ2v) is 5.48. The van der Waals surface area contributed by atoms with Crippen LogP contribution in [0, 0.1) is 13.8 Å². The number of hydrogen-bond acceptors (Lipinski definition) is 4. The number of phenolic OH excluding ortho intramolecular Hbond substituents is 1. The standard InChI is InChI=1S/C16H18N4O2/c1-10-8-11(2)20(19-10)9-16(22)18-17-14-7-6-13-12(14)4-3-5-15(13)21/h3-5,8,21H,6-7,9H2,1-2H3,(H,18,22). The fourth-order valence-corrected chi connectivity index (χ4v) is 2.74. The summed E-state index contributed by atoms with van der Waals surface area (Å²) in [5.74, 6) is 0.0731. The molecule has 6 nitrogen and oxygen atoms in total. The van der Waals surface area contributed by atoms with E-state index < -0.39 is 0 Å². The van der Waals surface area contributed by atoms with E-state index in [4.69, 9.17) is 0 Å². The number of hydrazone groups is 1. The molecule has 1 aromatic carbocycles. The molecule has 1 amide bonds. The number of aromatic hydroxyl groups is 1. The minimum Gasteiger partial charge on any atom is -0.508 e. The number of hydrogen-bond donors (Lipinski definition) is 2. The van der Waals surface area contributed by atoms with Crippen molar-refractivity contribution in [3.63, 3.8) is 0 Å². The predicted molar refractivity (Wildman–Crippen MR) is 82.8 cm³/mol. The molecule has 6 heteroatoms. The maximum Gasteiger partial charge on any atom is 0.261 e. The molecule has 0 saturated heterocycles. The molecule has 0 aliphatic heterocycles. The molecular weight excluding hydrogens is 280 g/mol. The van der Waals surface area contributed by atoms with Gasteiger partial charge < -0.3 is 5.11 Å². The number of benzene rings is 1. The van der Waals surface area contributed by atoms with Crippen molar-refractivity contribution in [3.8, 4) is 5.75 Å². The summed E-state index contributed by atoms with van der Waals surface area (Å²) in [7, 11) is 0. The van der Waals surface area contributed by atoms with Crippen LogP contribution in [-0.2, 0) is 17.8 Å². The summed E-state index contributed by atoms with van der Waals surface area (Å²) >= 11 is 0. The van der Waals surface area contributed by atoms with Gasteiger partial charge in [0.15, 0.2) is 0 Å². The number of carbonyl (C=O) groups is 1. The van der Waals surface area contributed by atoms with Gasteiger partial charge in [0.25, 0.3) is 5.91 Å². The van der Waals surface area contributed by atoms with Gasteiger partial charge in [0.05, 0.1) is 11.4 Å². The summed E-state index contributed by atoms with van der Waals surface area (Å²) in [5.41, 5.74) is 7.01. The molecule has 0 bridgehead atoms. The normalized spacial score (nSPS) is 15.1. The van der Waals surface area contributed by atoms with E-state index in [1.165, 1.54) is 0 Å². The van der Waals surface area contributed by atoms with Crippen LogP contribution in [0.25, 0.3) is 0 Å². The number of nitrogens with one attached hydrogen (secondary N) is 1. The Morgan fingerprint density at radius 3 is 2.95 bits per heavy atom. The molecule has 22 heavy (non-hydrogen) atoms. The zero-order chi connectivity index (χ0) is 15.7. The summed E-state index contributed by atoms with van der Waals surface area (Å²) in [6.45, 7) is 3.95. The molecule has 0 atom stereocenters. The molecule has 0 fully saturated rings. The molecular formula is C16H18N4O2. The molecule has 2 N–H and O–H groups in total. The van der Waals surface area contributed by atoms with E-state index in [-0.39, 0.29) is 18.2 Å². The van der Waals surface area contributed by atoms with Crippen molar-refractivity contribution >= 4 is 11.6 Å². The molecule has 1 aromatic heterocycles. The highest BCUT2D eigenvalue weighted by atomic mass is 16.3.